The van der Waals surface area contributed by atoms with Crippen molar-refractivity contribution >= 4 is 0 Å². The molecular formula is C11H20. The van der Waals surface area contributed by atoms with Crippen LogP contribution >= 0.6 is 0 Å². The Morgan fingerprint density at radius 2 is 2.18 bits per heavy atom. The molecule has 0 aromatic carbocycles. The van der Waals surface area contributed by atoms with Crippen LogP contribution in [0, 0.1) is 5.92 Å². The maximum atomic E-state index is 3.71. The maximum Gasteiger partial charge on any atom is -0.0227 e. The fourth-order valence-electron chi connectivity index (χ4n) is 0.992. The van der Waals surface area contributed by atoms with E-state index in [0.717, 1.165) is 6.42 Å². The highest BCUT2D eigenvalue weighted by atomic mass is 14.0. The Labute approximate surface area is 71.0 Å². The lowest BCUT2D eigenvalue weighted by Crippen LogP contribution is -1.84. The van der Waals surface area contributed by atoms with Crippen LogP contribution in [0.5, 0.6) is 0 Å². The summed E-state index contributed by atoms with van der Waals surface area (Å²) in [6, 6.07) is 0. The van der Waals surface area contributed by atoms with Gasteiger partial charge in [0, 0.05) is 0 Å². The molecule has 0 aromatic rings. The van der Waals surface area contributed by atoms with Crippen LogP contribution in [0.15, 0.2) is 24.8 Å². The van der Waals surface area contributed by atoms with Crippen molar-refractivity contribution in [2.45, 2.75) is 39.5 Å². The van der Waals surface area contributed by atoms with Crippen LogP contribution in [0.3, 0.4) is 0 Å². The quantitative estimate of drug-likeness (QED) is 0.399. The molecule has 0 nitrogen and oxygen atoms in total. The average Bonchev–Trinajstić information content (AvgIpc) is 1.99. The van der Waals surface area contributed by atoms with Crippen LogP contribution < -0.4 is 0 Å². The monoisotopic (exact) mass is 152 g/mol. The summed E-state index contributed by atoms with van der Waals surface area (Å²) in [5.74, 6) is 0.671. The molecule has 0 heteroatoms. The Morgan fingerprint density at radius 1 is 1.45 bits per heavy atom. The van der Waals surface area contributed by atoms with Gasteiger partial charge in [0.1, 0.15) is 0 Å². The first-order chi connectivity index (χ1) is 5.31. The molecule has 0 aliphatic carbocycles. The summed E-state index contributed by atoms with van der Waals surface area (Å²) in [6.45, 7) is 8.16. The Kier molecular flexibility index (Phi) is 7.23. The van der Waals surface area contributed by atoms with Gasteiger partial charge in [-0.3, -0.25) is 0 Å². The van der Waals surface area contributed by atoms with Crippen molar-refractivity contribution in [2.24, 2.45) is 5.92 Å². The van der Waals surface area contributed by atoms with Gasteiger partial charge < -0.3 is 0 Å². The van der Waals surface area contributed by atoms with Gasteiger partial charge in [0.05, 0.1) is 0 Å². The molecule has 0 aromatic heterocycles. The maximum absolute atomic E-state index is 3.71. The molecule has 0 saturated carbocycles. The first-order valence-electron chi connectivity index (χ1n) is 4.58. The molecule has 0 aliphatic heterocycles. The second kappa shape index (κ2) is 7.59. The van der Waals surface area contributed by atoms with E-state index < -0.39 is 0 Å². The van der Waals surface area contributed by atoms with Crippen LogP contribution in [0.2, 0.25) is 0 Å². The number of allylic oxidation sites excluding steroid dienone is 3. The molecule has 0 unspecified atom stereocenters. The molecule has 1 atom stereocenters. The van der Waals surface area contributed by atoms with Crippen molar-refractivity contribution in [2.75, 3.05) is 0 Å². The minimum Gasteiger partial charge on any atom is -0.103 e. The van der Waals surface area contributed by atoms with Gasteiger partial charge in [0.25, 0.3) is 0 Å². The normalized spacial score (nSPS) is 13.6. The highest BCUT2D eigenvalue weighted by Crippen LogP contribution is 2.05. The molecular weight excluding hydrogens is 132 g/mol. The third kappa shape index (κ3) is 7.38. The van der Waals surface area contributed by atoms with Crippen molar-refractivity contribution in [3.63, 3.8) is 0 Å². The van der Waals surface area contributed by atoms with Gasteiger partial charge in [-0.2, -0.15) is 0 Å². The first kappa shape index (κ1) is 10.5. The molecule has 0 bridgehead atoms. The van der Waals surface area contributed by atoms with Gasteiger partial charge in [-0.25, -0.2) is 0 Å². The van der Waals surface area contributed by atoms with Gasteiger partial charge >= 0.3 is 0 Å². The van der Waals surface area contributed by atoms with E-state index in [4.69, 9.17) is 0 Å². The molecule has 11 heavy (non-hydrogen) atoms. The fraction of sp³-hybridized carbons (Fsp3) is 0.636. The minimum absolute atomic E-state index is 0.671. The SMILES string of the molecule is C=CC[C@H](C)/C=C/CCCC. The Hall–Kier alpha value is -0.520. The predicted octanol–water partition coefficient (Wildman–Crippen LogP) is 3.95. The molecule has 0 saturated heterocycles. The third-order valence-corrected chi connectivity index (χ3v) is 1.73. The van der Waals surface area contributed by atoms with E-state index in [1.807, 2.05) is 6.08 Å². The van der Waals surface area contributed by atoms with Crippen LogP contribution in [-0.2, 0) is 0 Å². The van der Waals surface area contributed by atoms with E-state index in [9.17, 15) is 0 Å². The average molecular weight is 152 g/mol. The minimum atomic E-state index is 0.671. The van der Waals surface area contributed by atoms with E-state index in [1.54, 1.807) is 0 Å². The molecule has 0 fully saturated rings. The zero-order valence-corrected chi connectivity index (χ0v) is 7.84. The Bertz CT molecular complexity index is 111. The summed E-state index contributed by atoms with van der Waals surface area (Å²) in [5, 5.41) is 0. The molecule has 0 amide bonds. The van der Waals surface area contributed by atoms with Crippen molar-refractivity contribution in [3.8, 4) is 0 Å². The van der Waals surface area contributed by atoms with Crippen molar-refractivity contribution in [1.82, 2.24) is 0 Å². The zero-order chi connectivity index (χ0) is 8.53. The summed E-state index contributed by atoms with van der Waals surface area (Å²) in [5.41, 5.74) is 0. The second-order valence-corrected chi connectivity index (χ2v) is 3.07. The van der Waals surface area contributed by atoms with Crippen LogP contribution in [0.4, 0.5) is 0 Å². The standard InChI is InChI=1S/C11H20/c1-4-6-7-8-10-11(3)9-5-2/h5,8,10-11H,2,4,6-7,9H2,1,3H3/b10-8+/t11-/m0/s1. The summed E-state index contributed by atoms with van der Waals surface area (Å²) in [4.78, 5) is 0. The van der Waals surface area contributed by atoms with Gasteiger partial charge in [-0.05, 0) is 18.8 Å². The summed E-state index contributed by atoms with van der Waals surface area (Å²) >= 11 is 0. The predicted molar refractivity (Wildman–Crippen MR) is 52.6 cm³/mol. The molecule has 0 N–H and O–H groups in total. The first-order valence-corrected chi connectivity index (χ1v) is 4.58. The lowest BCUT2D eigenvalue weighted by molar-refractivity contribution is 0.733. The van der Waals surface area contributed by atoms with Gasteiger partial charge in [0.2, 0.25) is 0 Å². The zero-order valence-electron chi connectivity index (χ0n) is 7.84. The topological polar surface area (TPSA) is 0 Å². The Balaban J connectivity index is 3.31. The third-order valence-electron chi connectivity index (χ3n) is 1.73. The number of unbranched alkanes of at least 4 members (excludes halogenated alkanes) is 2. The van der Waals surface area contributed by atoms with Crippen molar-refractivity contribution in [1.29, 1.82) is 0 Å². The van der Waals surface area contributed by atoms with Gasteiger partial charge in [-0.15, -0.1) is 6.58 Å². The summed E-state index contributed by atoms with van der Waals surface area (Å²) in [7, 11) is 0. The van der Waals surface area contributed by atoms with E-state index >= 15 is 0 Å². The van der Waals surface area contributed by atoms with Crippen LogP contribution in [0.25, 0.3) is 0 Å². The molecule has 64 valence electrons. The molecule has 0 aliphatic rings. The van der Waals surface area contributed by atoms with E-state index in [0.29, 0.717) is 5.92 Å². The highest BCUT2D eigenvalue weighted by molar-refractivity contribution is 4.89. The molecule has 0 heterocycles. The molecule has 0 spiro atoms. The molecule has 0 rings (SSSR count). The number of hydrogen-bond acceptors (Lipinski definition) is 0. The van der Waals surface area contributed by atoms with Gasteiger partial charge in [0.15, 0.2) is 0 Å². The largest absolute Gasteiger partial charge is 0.103 e. The van der Waals surface area contributed by atoms with Crippen molar-refractivity contribution < 1.29 is 0 Å². The van der Waals surface area contributed by atoms with Gasteiger partial charge in [-0.1, -0.05) is 44.9 Å². The molecule has 0 radical (unpaired) electrons. The van der Waals surface area contributed by atoms with Crippen LogP contribution in [-0.4, -0.2) is 0 Å². The number of rotatable bonds is 6. The number of hydrogen-bond donors (Lipinski definition) is 0. The highest BCUT2D eigenvalue weighted by Gasteiger charge is 1.90. The van der Waals surface area contributed by atoms with E-state index in [1.165, 1.54) is 19.3 Å². The van der Waals surface area contributed by atoms with E-state index in [2.05, 4.69) is 32.6 Å². The van der Waals surface area contributed by atoms with Crippen molar-refractivity contribution in [3.05, 3.63) is 24.8 Å². The van der Waals surface area contributed by atoms with E-state index in [-0.39, 0.29) is 0 Å². The Morgan fingerprint density at radius 3 is 2.73 bits per heavy atom. The smallest absolute Gasteiger partial charge is 0.0227 e. The lowest BCUT2D eigenvalue weighted by Gasteiger charge is -1.99. The fourth-order valence-corrected chi connectivity index (χ4v) is 0.992. The van der Waals surface area contributed by atoms with Crippen LogP contribution in [0.1, 0.15) is 39.5 Å². The second-order valence-electron chi connectivity index (χ2n) is 3.07. The summed E-state index contributed by atoms with van der Waals surface area (Å²) in [6.07, 6.45) is 11.5. The lowest BCUT2D eigenvalue weighted by atomic mass is 10.1. The summed E-state index contributed by atoms with van der Waals surface area (Å²) < 4.78 is 0.